The third-order valence-electron chi connectivity index (χ3n) is 2.49. The minimum Gasteiger partial charge on any atom is -0.462 e. The van der Waals surface area contributed by atoms with Crippen LogP contribution in [0, 0.1) is 5.92 Å². The van der Waals surface area contributed by atoms with Crippen LogP contribution < -0.4 is 5.14 Å². The first-order valence-corrected chi connectivity index (χ1v) is 7.87. The lowest BCUT2D eigenvalue weighted by Crippen LogP contribution is -2.21. The summed E-state index contributed by atoms with van der Waals surface area (Å²) in [6.45, 7) is 5.75. The molecule has 0 aliphatic rings. The molecule has 102 valence electrons. The van der Waals surface area contributed by atoms with Gasteiger partial charge >= 0.3 is 5.97 Å². The van der Waals surface area contributed by atoms with Crippen LogP contribution in [0.4, 0.5) is 0 Å². The zero-order chi connectivity index (χ0) is 13.9. The predicted molar refractivity (Wildman–Crippen MR) is 69.8 cm³/mol. The highest BCUT2D eigenvalue weighted by Gasteiger charge is 2.16. The van der Waals surface area contributed by atoms with Crippen molar-refractivity contribution in [3.63, 3.8) is 0 Å². The molecule has 0 aromatic carbocycles. The lowest BCUT2D eigenvalue weighted by atomic mass is 10.1. The van der Waals surface area contributed by atoms with Crippen molar-refractivity contribution >= 4 is 27.3 Å². The van der Waals surface area contributed by atoms with Crippen LogP contribution in [0.2, 0.25) is 0 Å². The van der Waals surface area contributed by atoms with Crippen molar-refractivity contribution in [3.8, 4) is 0 Å². The summed E-state index contributed by atoms with van der Waals surface area (Å²) in [6.07, 6.45) is -0.0905. The van der Waals surface area contributed by atoms with E-state index in [1.165, 1.54) is 6.07 Å². The van der Waals surface area contributed by atoms with Gasteiger partial charge in [0.1, 0.15) is 10.3 Å². The van der Waals surface area contributed by atoms with Gasteiger partial charge in [0.15, 0.2) is 0 Å². The number of hydrogen-bond acceptors (Lipinski definition) is 5. The SMILES string of the molecule is CC(C)C(C)OC(=O)Cc1ccc(S(N)(=O)=O)s1. The largest absolute Gasteiger partial charge is 0.462 e. The van der Waals surface area contributed by atoms with Crippen molar-refractivity contribution in [3.05, 3.63) is 17.0 Å². The quantitative estimate of drug-likeness (QED) is 0.833. The van der Waals surface area contributed by atoms with Crippen LogP contribution in [0.15, 0.2) is 16.3 Å². The summed E-state index contributed by atoms with van der Waals surface area (Å²) in [5, 5.41) is 4.99. The van der Waals surface area contributed by atoms with Crippen molar-refractivity contribution in [2.45, 2.75) is 37.5 Å². The molecule has 0 aliphatic carbocycles. The van der Waals surface area contributed by atoms with E-state index in [4.69, 9.17) is 9.88 Å². The normalized spacial score (nSPS) is 13.6. The molecule has 1 atom stereocenters. The van der Waals surface area contributed by atoms with Crippen LogP contribution in [-0.2, 0) is 26.0 Å². The minimum atomic E-state index is -3.69. The Morgan fingerprint density at radius 3 is 2.44 bits per heavy atom. The van der Waals surface area contributed by atoms with Gasteiger partial charge in [-0.15, -0.1) is 11.3 Å². The van der Waals surface area contributed by atoms with Gasteiger partial charge in [-0.3, -0.25) is 4.79 Å². The van der Waals surface area contributed by atoms with Crippen LogP contribution in [0.25, 0.3) is 0 Å². The molecule has 2 N–H and O–H groups in total. The Bertz CT molecular complexity index is 519. The van der Waals surface area contributed by atoms with Gasteiger partial charge in [0.25, 0.3) is 0 Å². The van der Waals surface area contributed by atoms with Crippen LogP contribution in [0.3, 0.4) is 0 Å². The smallest absolute Gasteiger partial charge is 0.311 e. The molecule has 0 bridgehead atoms. The number of nitrogens with two attached hydrogens (primary N) is 1. The highest BCUT2D eigenvalue weighted by atomic mass is 32.2. The number of esters is 1. The summed E-state index contributed by atoms with van der Waals surface area (Å²) < 4.78 is 27.4. The standard InChI is InChI=1S/C11H17NO4S2/c1-7(2)8(3)16-10(13)6-9-4-5-11(17-9)18(12,14)15/h4-5,7-8H,6H2,1-3H3,(H2,12,14,15). The first-order valence-electron chi connectivity index (χ1n) is 5.51. The van der Waals surface area contributed by atoms with E-state index in [2.05, 4.69) is 0 Å². The highest BCUT2D eigenvalue weighted by molar-refractivity contribution is 7.91. The van der Waals surface area contributed by atoms with Gasteiger partial charge in [0.2, 0.25) is 10.0 Å². The number of thiophene rings is 1. The maximum absolute atomic E-state index is 11.6. The average molecular weight is 291 g/mol. The van der Waals surface area contributed by atoms with E-state index in [1.807, 2.05) is 20.8 Å². The van der Waals surface area contributed by atoms with Crippen LogP contribution in [0.5, 0.6) is 0 Å². The van der Waals surface area contributed by atoms with Gasteiger partial charge in [-0.25, -0.2) is 13.6 Å². The molecule has 0 saturated carbocycles. The Labute approximate surface area is 111 Å². The van der Waals surface area contributed by atoms with E-state index in [0.29, 0.717) is 4.88 Å². The molecule has 1 heterocycles. The third kappa shape index (κ3) is 4.40. The number of carbonyl (C=O) groups excluding carboxylic acids is 1. The molecule has 5 nitrogen and oxygen atoms in total. The summed E-state index contributed by atoms with van der Waals surface area (Å²) in [6, 6.07) is 2.97. The highest BCUT2D eigenvalue weighted by Crippen LogP contribution is 2.21. The lowest BCUT2D eigenvalue weighted by molar-refractivity contribution is -0.149. The Morgan fingerprint density at radius 2 is 2.00 bits per heavy atom. The number of carbonyl (C=O) groups is 1. The third-order valence-corrected chi connectivity index (χ3v) is 5.02. The van der Waals surface area contributed by atoms with Crippen LogP contribution in [0.1, 0.15) is 25.6 Å². The van der Waals surface area contributed by atoms with Crippen molar-refractivity contribution in [1.29, 1.82) is 0 Å². The molecule has 0 aliphatic heterocycles. The molecule has 0 saturated heterocycles. The topological polar surface area (TPSA) is 86.5 Å². The number of primary sulfonamides is 1. The number of hydrogen-bond donors (Lipinski definition) is 1. The molecular weight excluding hydrogens is 274 g/mol. The lowest BCUT2D eigenvalue weighted by Gasteiger charge is -2.16. The summed E-state index contributed by atoms with van der Waals surface area (Å²) in [4.78, 5) is 12.2. The summed E-state index contributed by atoms with van der Waals surface area (Å²) in [5.74, 6) is -0.115. The summed E-state index contributed by atoms with van der Waals surface area (Å²) in [5.41, 5.74) is 0. The average Bonchev–Trinajstić information content (AvgIpc) is 2.64. The molecule has 7 heteroatoms. The second kappa shape index (κ2) is 5.81. The van der Waals surface area contributed by atoms with E-state index in [-0.39, 0.29) is 28.6 Å². The number of rotatable bonds is 5. The van der Waals surface area contributed by atoms with Crippen molar-refractivity contribution in [2.24, 2.45) is 11.1 Å². The molecule has 18 heavy (non-hydrogen) atoms. The van der Waals surface area contributed by atoms with Gasteiger partial charge < -0.3 is 4.74 Å². The fourth-order valence-corrected chi connectivity index (χ4v) is 2.90. The summed E-state index contributed by atoms with van der Waals surface area (Å²) >= 11 is 0.990. The zero-order valence-corrected chi connectivity index (χ0v) is 12.2. The molecular formula is C11H17NO4S2. The fraction of sp³-hybridized carbons (Fsp3) is 0.545. The molecule has 1 aromatic rings. The Morgan fingerprint density at radius 1 is 1.39 bits per heavy atom. The maximum Gasteiger partial charge on any atom is 0.311 e. The molecule has 0 spiro atoms. The van der Waals surface area contributed by atoms with Crippen molar-refractivity contribution in [1.82, 2.24) is 0 Å². The van der Waals surface area contributed by atoms with E-state index in [0.717, 1.165) is 11.3 Å². The van der Waals surface area contributed by atoms with Crippen LogP contribution >= 0.6 is 11.3 Å². The summed E-state index contributed by atoms with van der Waals surface area (Å²) in [7, 11) is -3.69. The first-order chi connectivity index (χ1) is 8.20. The molecule has 1 rings (SSSR count). The Balaban J connectivity index is 2.63. The maximum atomic E-state index is 11.6. The van der Waals surface area contributed by atoms with E-state index < -0.39 is 10.0 Å². The predicted octanol–water partition coefficient (Wildman–Crippen LogP) is 1.53. The second-order valence-corrected chi connectivity index (χ2v) is 7.34. The molecule has 0 amide bonds. The minimum absolute atomic E-state index is 0.0576. The number of ether oxygens (including phenoxy) is 1. The molecule has 1 aromatic heterocycles. The van der Waals surface area contributed by atoms with Crippen molar-refractivity contribution in [2.75, 3.05) is 0 Å². The monoisotopic (exact) mass is 291 g/mol. The van der Waals surface area contributed by atoms with Gasteiger partial charge in [-0.1, -0.05) is 13.8 Å². The van der Waals surface area contributed by atoms with Gasteiger partial charge in [0.05, 0.1) is 6.42 Å². The number of sulfonamides is 1. The first kappa shape index (κ1) is 15.1. The van der Waals surface area contributed by atoms with E-state index in [1.54, 1.807) is 6.07 Å². The second-order valence-electron chi connectivity index (χ2n) is 4.38. The van der Waals surface area contributed by atoms with E-state index in [9.17, 15) is 13.2 Å². The molecule has 0 fully saturated rings. The fourth-order valence-electron chi connectivity index (χ4n) is 1.13. The molecule has 0 radical (unpaired) electrons. The zero-order valence-electron chi connectivity index (χ0n) is 10.5. The van der Waals surface area contributed by atoms with E-state index >= 15 is 0 Å². The van der Waals surface area contributed by atoms with Gasteiger partial charge in [0, 0.05) is 4.88 Å². The Hall–Kier alpha value is -0.920. The van der Waals surface area contributed by atoms with Crippen molar-refractivity contribution < 1.29 is 17.9 Å². The van der Waals surface area contributed by atoms with Crippen LogP contribution in [-0.4, -0.2) is 20.5 Å². The van der Waals surface area contributed by atoms with Gasteiger partial charge in [-0.2, -0.15) is 0 Å². The Kier molecular flexibility index (Phi) is 4.89. The van der Waals surface area contributed by atoms with Gasteiger partial charge in [-0.05, 0) is 25.0 Å². The molecule has 1 unspecified atom stereocenters.